The minimum absolute atomic E-state index is 0.0286. The second-order valence-corrected chi connectivity index (χ2v) is 7.41. The Labute approximate surface area is 170 Å². The number of rotatable bonds is 7. The summed E-state index contributed by atoms with van der Waals surface area (Å²) in [4.78, 5) is 27.8. The van der Waals surface area contributed by atoms with Gasteiger partial charge in [-0.3, -0.25) is 9.59 Å². The predicted molar refractivity (Wildman–Crippen MR) is 97.1 cm³/mol. The minimum atomic E-state index is -4.95. The van der Waals surface area contributed by atoms with Crippen LogP contribution in [0.5, 0.6) is 0 Å². The van der Waals surface area contributed by atoms with Gasteiger partial charge in [0.25, 0.3) is 0 Å². The Morgan fingerprint density at radius 3 is 1.93 bits per heavy atom. The fourth-order valence-electron chi connectivity index (χ4n) is 3.55. The molecular weight excluding hydrogens is 414 g/mol. The van der Waals surface area contributed by atoms with Crippen molar-refractivity contribution >= 4 is 11.8 Å². The number of carbonyl (C=O) groups is 2. The molecule has 4 nitrogen and oxygen atoms in total. The Kier molecular flexibility index (Phi) is 7.41. The number of hydrogen-bond acceptors (Lipinski definition) is 2. The first-order chi connectivity index (χ1) is 13.9. The summed E-state index contributed by atoms with van der Waals surface area (Å²) in [6.45, 7) is 4.43. The lowest BCUT2D eigenvalue weighted by Crippen LogP contribution is -2.38. The van der Waals surface area contributed by atoms with Gasteiger partial charge >= 0.3 is 12.4 Å². The average Bonchev–Trinajstić information content (AvgIpc) is 2.99. The number of nitrogens with zero attached hydrogens (tertiary/aromatic N) is 2. The summed E-state index contributed by atoms with van der Waals surface area (Å²) in [6, 6.07) is 1.27. The molecule has 1 atom stereocenters. The summed E-state index contributed by atoms with van der Waals surface area (Å²) in [6.07, 6.45) is -8.54. The third-order valence-corrected chi connectivity index (χ3v) is 4.88. The second kappa shape index (κ2) is 9.26. The van der Waals surface area contributed by atoms with Gasteiger partial charge in [-0.1, -0.05) is 13.8 Å². The van der Waals surface area contributed by atoms with Crippen LogP contribution in [0.2, 0.25) is 0 Å². The molecule has 30 heavy (non-hydrogen) atoms. The van der Waals surface area contributed by atoms with Crippen molar-refractivity contribution in [3.05, 3.63) is 34.9 Å². The fraction of sp³-hybridized carbons (Fsp3) is 0.600. The number of benzene rings is 1. The van der Waals surface area contributed by atoms with Crippen molar-refractivity contribution in [3.8, 4) is 0 Å². The smallest absolute Gasteiger partial charge is 0.342 e. The molecule has 0 aromatic heterocycles. The topological polar surface area (TPSA) is 40.6 Å². The summed E-state index contributed by atoms with van der Waals surface area (Å²) in [5, 5.41) is 0. The average molecular weight is 438 g/mol. The van der Waals surface area contributed by atoms with E-state index in [1.807, 2.05) is 13.8 Å². The highest BCUT2D eigenvalue weighted by Gasteiger charge is 2.39. The molecule has 0 bridgehead atoms. The Morgan fingerprint density at radius 1 is 1.00 bits per heavy atom. The van der Waals surface area contributed by atoms with Gasteiger partial charge in [-0.25, -0.2) is 0 Å². The second-order valence-electron chi connectivity index (χ2n) is 7.41. The molecule has 0 spiro atoms. The summed E-state index contributed by atoms with van der Waals surface area (Å²) in [5.41, 5.74) is -3.13. The van der Waals surface area contributed by atoms with E-state index in [-0.39, 0.29) is 30.5 Å². The first-order valence-corrected chi connectivity index (χ1v) is 9.71. The van der Waals surface area contributed by atoms with Gasteiger partial charge in [0.1, 0.15) is 0 Å². The van der Waals surface area contributed by atoms with E-state index in [0.717, 1.165) is 17.7 Å². The van der Waals surface area contributed by atoms with Crippen LogP contribution in [0.1, 0.15) is 49.8 Å². The molecule has 0 aliphatic carbocycles. The Bertz CT molecular complexity index is 737. The largest absolute Gasteiger partial charge is 0.416 e. The zero-order valence-electron chi connectivity index (χ0n) is 16.7. The molecule has 0 radical (unpaired) electrons. The van der Waals surface area contributed by atoms with E-state index in [4.69, 9.17) is 0 Å². The van der Waals surface area contributed by atoms with Gasteiger partial charge in [0, 0.05) is 32.6 Å². The molecule has 1 aromatic rings. The molecule has 1 aromatic carbocycles. The van der Waals surface area contributed by atoms with Crippen LogP contribution in [0.25, 0.3) is 0 Å². The molecule has 0 unspecified atom stereocenters. The number of carbonyl (C=O) groups excluding carboxylic acids is 2. The van der Waals surface area contributed by atoms with E-state index >= 15 is 0 Å². The molecule has 168 valence electrons. The van der Waals surface area contributed by atoms with Crippen molar-refractivity contribution in [2.24, 2.45) is 5.92 Å². The maximum Gasteiger partial charge on any atom is 0.416 e. The Hall–Kier alpha value is -2.26. The summed E-state index contributed by atoms with van der Waals surface area (Å²) >= 11 is 0. The third kappa shape index (κ3) is 5.89. The fourth-order valence-corrected chi connectivity index (χ4v) is 3.55. The van der Waals surface area contributed by atoms with Gasteiger partial charge in [-0.15, -0.1) is 0 Å². The van der Waals surface area contributed by atoms with Crippen LogP contribution in [0.4, 0.5) is 26.3 Å². The van der Waals surface area contributed by atoms with Crippen LogP contribution >= 0.6 is 0 Å². The predicted octanol–water partition coefficient (Wildman–Crippen LogP) is 4.72. The van der Waals surface area contributed by atoms with Gasteiger partial charge in [-0.2, -0.15) is 26.3 Å². The maximum absolute atomic E-state index is 13.0. The lowest BCUT2D eigenvalue weighted by Gasteiger charge is -2.25. The molecule has 0 saturated carbocycles. The lowest BCUT2D eigenvalue weighted by atomic mass is 10.0. The quantitative estimate of drug-likeness (QED) is 0.578. The van der Waals surface area contributed by atoms with E-state index in [2.05, 4.69) is 0 Å². The summed E-state index contributed by atoms with van der Waals surface area (Å²) in [7, 11) is 0. The Morgan fingerprint density at radius 2 is 1.50 bits per heavy atom. The van der Waals surface area contributed by atoms with Gasteiger partial charge in [0.2, 0.25) is 11.8 Å². The van der Waals surface area contributed by atoms with Gasteiger partial charge in [0.15, 0.2) is 0 Å². The monoisotopic (exact) mass is 438 g/mol. The maximum atomic E-state index is 13.0. The molecule has 0 N–H and O–H groups in total. The number of hydrogen-bond donors (Lipinski definition) is 0. The first-order valence-electron chi connectivity index (χ1n) is 9.71. The van der Waals surface area contributed by atoms with E-state index < -0.39 is 41.8 Å². The van der Waals surface area contributed by atoms with Gasteiger partial charge < -0.3 is 9.80 Å². The molecule has 1 aliphatic rings. The van der Waals surface area contributed by atoms with Crippen molar-refractivity contribution in [1.29, 1.82) is 0 Å². The van der Waals surface area contributed by atoms with Gasteiger partial charge in [0.05, 0.1) is 17.0 Å². The molecule has 1 heterocycles. The van der Waals surface area contributed by atoms with Crippen LogP contribution in [0, 0.1) is 5.92 Å². The SMILES string of the molecule is CCCN(CCC)C(=O)[C@@H]1CC(=O)N(Cc2cc(C(F)(F)F)cc(C(F)(F)F)c2)C1. The van der Waals surface area contributed by atoms with Crippen LogP contribution in [-0.2, 0) is 28.5 Å². The molecule has 1 fully saturated rings. The number of likely N-dealkylation sites (tertiary alicyclic amines) is 1. The normalized spacial score (nSPS) is 17.5. The highest BCUT2D eigenvalue weighted by atomic mass is 19.4. The molecule has 1 saturated heterocycles. The van der Waals surface area contributed by atoms with Crippen LogP contribution in [0.3, 0.4) is 0 Å². The number of alkyl halides is 6. The molecule has 2 rings (SSSR count). The highest BCUT2D eigenvalue weighted by Crippen LogP contribution is 2.37. The standard InChI is InChI=1S/C20H24F6N2O2/c1-3-5-27(6-4-2)18(30)14-9-17(29)28(12-14)11-13-7-15(19(21,22)23)10-16(8-13)20(24,25)26/h7-8,10,14H,3-6,9,11-12H2,1-2H3/t14-/m1/s1. The van der Waals surface area contributed by atoms with E-state index in [9.17, 15) is 35.9 Å². The molecule has 1 aliphatic heterocycles. The number of amides is 2. The van der Waals surface area contributed by atoms with E-state index in [1.165, 1.54) is 0 Å². The van der Waals surface area contributed by atoms with Crippen LogP contribution in [-0.4, -0.2) is 41.2 Å². The minimum Gasteiger partial charge on any atom is -0.342 e. The van der Waals surface area contributed by atoms with Crippen molar-refractivity contribution in [2.45, 2.75) is 52.0 Å². The summed E-state index contributed by atoms with van der Waals surface area (Å²) < 4.78 is 78.2. The summed E-state index contributed by atoms with van der Waals surface area (Å²) in [5.74, 6) is -1.33. The zero-order chi connectivity index (χ0) is 22.7. The molecule has 2 amide bonds. The highest BCUT2D eigenvalue weighted by molar-refractivity contribution is 5.89. The van der Waals surface area contributed by atoms with Crippen LogP contribution < -0.4 is 0 Å². The number of halogens is 6. The molecule has 10 heteroatoms. The van der Waals surface area contributed by atoms with Crippen molar-refractivity contribution in [1.82, 2.24) is 9.80 Å². The van der Waals surface area contributed by atoms with E-state index in [1.54, 1.807) is 4.90 Å². The van der Waals surface area contributed by atoms with Gasteiger partial charge in [-0.05, 0) is 36.6 Å². The lowest BCUT2D eigenvalue weighted by molar-refractivity contribution is -0.143. The van der Waals surface area contributed by atoms with E-state index in [0.29, 0.717) is 25.2 Å². The third-order valence-electron chi connectivity index (χ3n) is 4.88. The van der Waals surface area contributed by atoms with Crippen LogP contribution in [0.15, 0.2) is 18.2 Å². The van der Waals surface area contributed by atoms with Crippen molar-refractivity contribution in [2.75, 3.05) is 19.6 Å². The zero-order valence-corrected chi connectivity index (χ0v) is 16.7. The van der Waals surface area contributed by atoms with Crippen molar-refractivity contribution < 1.29 is 35.9 Å². The Balaban J connectivity index is 2.22. The molecular formula is C20H24F6N2O2. The first kappa shape index (κ1) is 24.0. The van der Waals surface area contributed by atoms with Crippen molar-refractivity contribution in [3.63, 3.8) is 0 Å².